The average Bonchev–Trinajstić information content (AvgIpc) is 2.65. The zero-order chi connectivity index (χ0) is 11.4. The van der Waals surface area contributed by atoms with Crippen molar-refractivity contribution in [2.45, 2.75) is 19.4 Å². The van der Waals surface area contributed by atoms with E-state index in [1.165, 1.54) is 11.3 Å². The maximum Gasteiger partial charge on any atom is 0.227 e. The fourth-order valence-corrected chi connectivity index (χ4v) is 2.10. The van der Waals surface area contributed by atoms with E-state index in [2.05, 4.69) is 20.8 Å². The summed E-state index contributed by atoms with van der Waals surface area (Å²) in [4.78, 5) is 11.6. The topological polar surface area (TPSA) is 76.1 Å². The van der Waals surface area contributed by atoms with Gasteiger partial charge < -0.3 is 15.4 Å². The number of nitrogens with one attached hydrogen (secondary N) is 2. The van der Waals surface area contributed by atoms with Crippen LogP contribution in [0, 0.1) is 6.92 Å². The van der Waals surface area contributed by atoms with Crippen molar-refractivity contribution in [1.29, 1.82) is 0 Å². The number of hydrogen-bond donors (Lipinski definition) is 2. The number of anilines is 1. The molecule has 1 atom stereocenters. The van der Waals surface area contributed by atoms with Crippen LogP contribution >= 0.6 is 23.7 Å². The Morgan fingerprint density at radius 2 is 2.47 bits per heavy atom. The summed E-state index contributed by atoms with van der Waals surface area (Å²) in [6, 6.07) is 0.0998. The Hall–Kier alpha value is -0.760. The third-order valence-corrected chi connectivity index (χ3v) is 2.96. The molecule has 1 aliphatic heterocycles. The lowest BCUT2D eigenvalue weighted by molar-refractivity contribution is -0.117. The van der Waals surface area contributed by atoms with Crippen LogP contribution in [0.4, 0.5) is 5.13 Å². The van der Waals surface area contributed by atoms with Crippen molar-refractivity contribution in [1.82, 2.24) is 15.5 Å². The van der Waals surface area contributed by atoms with Crippen LogP contribution in [0.3, 0.4) is 0 Å². The molecular formula is C9H15ClN4O2S. The van der Waals surface area contributed by atoms with E-state index in [1.54, 1.807) is 0 Å². The number of carbonyl (C=O) groups is 1. The largest absolute Gasteiger partial charge is 0.378 e. The quantitative estimate of drug-likeness (QED) is 0.846. The first kappa shape index (κ1) is 14.3. The number of halogens is 1. The van der Waals surface area contributed by atoms with Gasteiger partial charge in [-0.25, -0.2) is 0 Å². The number of aryl methyl sites for hydroxylation is 1. The van der Waals surface area contributed by atoms with Gasteiger partial charge in [0.1, 0.15) is 5.01 Å². The van der Waals surface area contributed by atoms with Gasteiger partial charge in [-0.05, 0) is 6.92 Å². The molecule has 1 unspecified atom stereocenters. The van der Waals surface area contributed by atoms with Gasteiger partial charge in [-0.1, -0.05) is 11.3 Å². The molecule has 0 aromatic carbocycles. The fraction of sp³-hybridized carbons (Fsp3) is 0.667. The van der Waals surface area contributed by atoms with Crippen LogP contribution in [-0.2, 0) is 9.53 Å². The van der Waals surface area contributed by atoms with Crippen molar-refractivity contribution >= 4 is 34.8 Å². The molecule has 0 aliphatic carbocycles. The van der Waals surface area contributed by atoms with E-state index in [4.69, 9.17) is 4.74 Å². The van der Waals surface area contributed by atoms with Gasteiger partial charge in [0, 0.05) is 19.0 Å². The number of amides is 1. The molecule has 1 aromatic heterocycles. The molecule has 8 heteroatoms. The first-order valence-corrected chi connectivity index (χ1v) is 5.97. The predicted octanol–water partition coefficient (Wildman–Crippen LogP) is 0.585. The van der Waals surface area contributed by atoms with Crippen LogP contribution in [0.25, 0.3) is 0 Å². The van der Waals surface area contributed by atoms with Crippen LogP contribution in [0.2, 0.25) is 0 Å². The Morgan fingerprint density at radius 1 is 1.65 bits per heavy atom. The predicted molar refractivity (Wildman–Crippen MR) is 67.8 cm³/mol. The van der Waals surface area contributed by atoms with Gasteiger partial charge in [-0.15, -0.1) is 22.6 Å². The lowest BCUT2D eigenvalue weighted by Gasteiger charge is -2.22. The molecule has 2 rings (SSSR count). The van der Waals surface area contributed by atoms with Crippen molar-refractivity contribution in [3.8, 4) is 0 Å². The van der Waals surface area contributed by atoms with E-state index in [0.717, 1.165) is 11.6 Å². The van der Waals surface area contributed by atoms with Crippen molar-refractivity contribution in [2.75, 3.05) is 25.1 Å². The molecule has 1 aliphatic rings. The number of ether oxygens (including phenoxy) is 1. The maximum absolute atomic E-state index is 11.6. The van der Waals surface area contributed by atoms with Crippen molar-refractivity contribution in [3.63, 3.8) is 0 Å². The summed E-state index contributed by atoms with van der Waals surface area (Å²) in [5.41, 5.74) is 0. The standard InChI is InChI=1S/C9H14N4O2S.ClH/c1-6-12-13-9(16-6)11-8(14)4-7-5-15-3-2-10-7;/h7,10H,2-5H2,1H3,(H,11,13,14);1H. The number of rotatable bonds is 3. The van der Waals surface area contributed by atoms with Crippen LogP contribution in [-0.4, -0.2) is 41.9 Å². The second-order valence-corrected chi connectivity index (χ2v) is 4.79. The normalized spacial score (nSPS) is 19.5. The Bertz CT molecular complexity index is 368. The summed E-state index contributed by atoms with van der Waals surface area (Å²) in [6.07, 6.45) is 0.401. The van der Waals surface area contributed by atoms with Crippen LogP contribution < -0.4 is 10.6 Å². The number of nitrogens with zero attached hydrogens (tertiary/aromatic N) is 2. The molecule has 0 bridgehead atoms. The van der Waals surface area contributed by atoms with E-state index in [1.807, 2.05) is 6.92 Å². The van der Waals surface area contributed by atoms with E-state index < -0.39 is 0 Å². The highest BCUT2D eigenvalue weighted by Crippen LogP contribution is 2.14. The number of hydrogen-bond acceptors (Lipinski definition) is 6. The third-order valence-electron chi connectivity index (χ3n) is 2.20. The first-order valence-electron chi connectivity index (χ1n) is 5.15. The molecule has 6 nitrogen and oxygen atoms in total. The summed E-state index contributed by atoms with van der Waals surface area (Å²) >= 11 is 1.37. The van der Waals surface area contributed by atoms with Gasteiger partial charge in [-0.2, -0.15) is 0 Å². The Morgan fingerprint density at radius 3 is 3.06 bits per heavy atom. The Labute approximate surface area is 110 Å². The molecule has 1 saturated heterocycles. The third kappa shape index (κ3) is 4.55. The molecule has 0 spiro atoms. The van der Waals surface area contributed by atoms with Gasteiger partial charge in [-0.3, -0.25) is 4.79 Å². The summed E-state index contributed by atoms with van der Waals surface area (Å²) in [7, 11) is 0. The highest BCUT2D eigenvalue weighted by molar-refractivity contribution is 7.15. The van der Waals surface area contributed by atoms with E-state index in [-0.39, 0.29) is 24.4 Å². The highest BCUT2D eigenvalue weighted by atomic mass is 35.5. The zero-order valence-corrected chi connectivity index (χ0v) is 11.1. The Kier molecular flexibility index (Phi) is 5.76. The minimum absolute atomic E-state index is 0. The van der Waals surface area contributed by atoms with Gasteiger partial charge in [0.05, 0.1) is 13.2 Å². The SMILES string of the molecule is Cc1nnc(NC(=O)CC2COCCN2)s1.Cl. The van der Waals surface area contributed by atoms with Crippen molar-refractivity contribution < 1.29 is 9.53 Å². The number of morpholine rings is 1. The lowest BCUT2D eigenvalue weighted by atomic mass is 10.2. The lowest BCUT2D eigenvalue weighted by Crippen LogP contribution is -2.43. The summed E-state index contributed by atoms with van der Waals surface area (Å²) in [6.45, 7) is 3.95. The summed E-state index contributed by atoms with van der Waals surface area (Å²) in [5, 5.41) is 15.0. The molecule has 2 heterocycles. The molecule has 96 valence electrons. The first-order chi connectivity index (χ1) is 7.74. The molecule has 2 N–H and O–H groups in total. The van der Waals surface area contributed by atoms with E-state index >= 15 is 0 Å². The highest BCUT2D eigenvalue weighted by Gasteiger charge is 2.17. The molecule has 1 aromatic rings. The minimum Gasteiger partial charge on any atom is -0.378 e. The molecule has 17 heavy (non-hydrogen) atoms. The zero-order valence-electron chi connectivity index (χ0n) is 9.43. The number of aromatic nitrogens is 2. The van der Waals surface area contributed by atoms with Crippen LogP contribution in [0.15, 0.2) is 0 Å². The van der Waals surface area contributed by atoms with Crippen molar-refractivity contribution in [3.05, 3.63) is 5.01 Å². The van der Waals surface area contributed by atoms with Gasteiger partial charge in [0.25, 0.3) is 0 Å². The smallest absolute Gasteiger partial charge is 0.227 e. The number of carbonyl (C=O) groups excluding carboxylic acids is 1. The van der Waals surface area contributed by atoms with Crippen LogP contribution in [0.5, 0.6) is 0 Å². The van der Waals surface area contributed by atoms with E-state index in [9.17, 15) is 4.79 Å². The van der Waals surface area contributed by atoms with Crippen LogP contribution in [0.1, 0.15) is 11.4 Å². The van der Waals surface area contributed by atoms with Gasteiger partial charge in [0.2, 0.25) is 11.0 Å². The molecule has 1 amide bonds. The summed E-state index contributed by atoms with van der Waals surface area (Å²) < 4.78 is 5.27. The maximum atomic E-state index is 11.6. The molecule has 1 fully saturated rings. The minimum atomic E-state index is -0.0563. The van der Waals surface area contributed by atoms with Gasteiger partial charge >= 0.3 is 0 Å². The van der Waals surface area contributed by atoms with E-state index in [0.29, 0.717) is 24.8 Å². The second-order valence-electron chi connectivity index (χ2n) is 3.60. The molecular weight excluding hydrogens is 264 g/mol. The molecule has 0 saturated carbocycles. The van der Waals surface area contributed by atoms with Gasteiger partial charge in [0.15, 0.2) is 0 Å². The second kappa shape index (κ2) is 6.85. The summed E-state index contributed by atoms with van der Waals surface area (Å²) in [5.74, 6) is -0.0563. The molecule has 0 radical (unpaired) electrons. The fourth-order valence-electron chi connectivity index (χ4n) is 1.49. The average molecular weight is 279 g/mol. The monoisotopic (exact) mass is 278 g/mol. The Balaban J connectivity index is 0.00000144. The van der Waals surface area contributed by atoms with Crippen molar-refractivity contribution in [2.24, 2.45) is 0 Å².